The number of halogens is 1. The van der Waals surface area contributed by atoms with Crippen molar-refractivity contribution in [3.63, 3.8) is 0 Å². The van der Waals surface area contributed by atoms with Crippen molar-refractivity contribution in [1.29, 1.82) is 0 Å². The predicted octanol–water partition coefficient (Wildman–Crippen LogP) is 3.61. The van der Waals surface area contributed by atoms with Gasteiger partial charge < -0.3 is 15.0 Å². The highest BCUT2D eigenvalue weighted by Crippen LogP contribution is 2.39. The smallest absolute Gasteiger partial charge is 0.322 e. The zero-order valence-corrected chi connectivity index (χ0v) is 13.9. The van der Waals surface area contributed by atoms with Crippen LogP contribution in [-0.2, 0) is 6.54 Å². The highest BCUT2D eigenvalue weighted by molar-refractivity contribution is 6.31. The van der Waals surface area contributed by atoms with E-state index in [4.69, 9.17) is 16.3 Å². The summed E-state index contributed by atoms with van der Waals surface area (Å²) in [5, 5.41) is 10.6. The molecule has 2 amide bonds. The Morgan fingerprint density at radius 1 is 1.48 bits per heavy atom. The third-order valence-electron chi connectivity index (χ3n) is 3.80. The minimum absolute atomic E-state index is 0.242. The van der Waals surface area contributed by atoms with Gasteiger partial charge in [0.05, 0.1) is 30.7 Å². The first-order chi connectivity index (χ1) is 11.1. The summed E-state index contributed by atoms with van der Waals surface area (Å²) in [7, 11) is 3.27. The molecule has 2 N–H and O–H groups in total. The number of hydrogen-bond donors (Lipinski definition) is 2. The molecule has 0 saturated heterocycles. The van der Waals surface area contributed by atoms with Crippen LogP contribution in [0.2, 0.25) is 5.02 Å². The molecule has 0 bridgehead atoms. The number of carbonyl (C=O) groups is 1. The van der Waals surface area contributed by atoms with Gasteiger partial charge in [0.1, 0.15) is 5.75 Å². The van der Waals surface area contributed by atoms with Gasteiger partial charge in [0.25, 0.3) is 0 Å². The Kier molecular flexibility index (Phi) is 4.43. The van der Waals surface area contributed by atoms with Crippen LogP contribution in [-0.4, -0.2) is 35.3 Å². The number of methoxy groups -OCH3 is 1. The summed E-state index contributed by atoms with van der Waals surface area (Å²) < 4.78 is 5.23. The second kappa shape index (κ2) is 6.50. The Bertz CT molecular complexity index is 712. The molecule has 0 atom stereocenters. The Balaban J connectivity index is 1.63. The Hall–Kier alpha value is -2.21. The first-order valence-corrected chi connectivity index (χ1v) is 7.84. The van der Waals surface area contributed by atoms with E-state index in [0.29, 0.717) is 28.9 Å². The lowest BCUT2D eigenvalue weighted by Gasteiger charge is -2.18. The van der Waals surface area contributed by atoms with Crippen LogP contribution in [0.15, 0.2) is 24.3 Å². The van der Waals surface area contributed by atoms with Gasteiger partial charge >= 0.3 is 6.03 Å². The molecule has 6 nitrogen and oxygen atoms in total. The van der Waals surface area contributed by atoms with E-state index in [1.165, 1.54) is 12.8 Å². The van der Waals surface area contributed by atoms with Crippen LogP contribution in [0.5, 0.6) is 5.75 Å². The molecule has 1 fully saturated rings. The SMILES string of the molecule is COc1ccc(Cl)cc1NC(=O)N(C)Cc1cc(C2CC2)n[nH]1. The van der Waals surface area contributed by atoms with E-state index in [9.17, 15) is 4.79 Å². The number of hydrogen-bond acceptors (Lipinski definition) is 3. The number of carbonyl (C=O) groups excluding carboxylic acids is 1. The number of anilines is 1. The second-order valence-corrected chi connectivity index (χ2v) is 6.16. The van der Waals surface area contributed by atoms with Gasteiger partial charge in [0.15, 0.2) is 0 Å². The van der Waals surface area contributed by atoms with Crippen LogP contribution in [0.25, 0.3) is 0 Å². The summed E-state index contributed by atoms with van der Waals surface area (Å²) in [6.07, 6.45) is 2.41. The molecule has 1 saturated carbocycles. The molecular weight excluding hydrogens is 316 g/mol. The number of ether oxygens (including phenoxy) is 1. The van der Waals surface area contributed by atoms with Gasteiger partial charge in [-0.2, -0.15) is 5.10 Å². The molecule has 3 rings (SSSR count). The second-order valence-electron chi connectivity index (χ2n) is 5.72. The van der Waals surface area contributed by atoms with E-state index in [0.717, 1.165) is 11.4 Å². The van der Waals surface area contributed by atoms with Gasteiger partial charge in [-0.15, -0.1) is 0 Å². The van der Waals surface area contributed by atoms with E-state index in [-0.39, 0.29) is 6.03 Å². The molecular formula is C16H19ClN4O2. The highest BCUT2D eigenvalue weighted by Gasteiger charge is 2.26. The van der Waals surface area contributed by atoms with Crippen LogP contribution >= 0.6 is 11.6 Å². The van der Waals surface area contributed by atoms with Gasteiger partial charge in [0.2, 0.25) is 0 Å². The molecule has 0 unspecified atom stereocenters. The lowest BCUT2D eigenvalue weighted by molar-refractivity contribution is 0.220. The third kappa shape index (κ3) is 3.76. The fourth-order valence-corrected chi connectivity index (χ4v) is 2.54. The van der Waals surface area contributed by atoms with Crippen molar-refractivity contribution in [2.75, 3.05) is 19.5 Å². The van der Waals surface area contributed by atoms with Gasteiger partial charge in [-0.3, -0.25) is 5.10 Å². The summed E-state index contributed by atoms with van der Waals surface area (Å²) >= 11 is 5.97. The fraction of sp³-hybridized carbons (Fsp3) is 0.375. The van der Waals surface area contributed by atoms with Gasteiger partial charge in [-0.05, 0) is 37.1 Å². The summed E-state index contributed by atoms with van der Waals surface area (Å²) in [6.45, 7) is 0.453. The quantitative estimate of drug-likeness (QED) is 0.877. The minimum Gasteiger partial charge on any atom is -0.495 e. The van der Waals surface area contributed by atoms with E-state index >= 15 is 0 Å². The lowest BCUT2D eigenvalue weighted by atomic mass is 10.2. The van der Waals surface area contributed by atoms with E-state index in [2.05, 4.69) is 15.5 Å². The van der Waals surface area contributed by atoms with Crippen molar-refractivity contribution >= 4 is 23.3 Å². The standard InChI is InChI=1S/C16H19ClN4O2/c1-21(9-12-8-13(20-19-12)10-3-4-10)16(22)18-14-7-11(17)5-6-15(14)23-2/h5-8,10H,3-4,9H2,1-2H3,(H,18,22)(H,19,20). The monoisotopic (exact) mass is 334 g/mol. The highest BCUT2D eigenvalue weighted by atomic mass is 35.5. The van der Waals surface area contributed by atoms with E-state index < -0.39 is 0 Å². The molecule has 1 aliphatic rings. The summed E-state index contributed by atoms with van der Waals surface area (Å²) in [5.41, 5.74) is 2.55. The summed E-state index contributed by atoms with van der Waals surface area (Å²) in [5.74, 6) is 1.16. The fourth-order valence-electron chi connectivity index (χ4n) is 2.36. The largest absolute Gasteiger partial charge is 0.495 e. The number of H-pyrrole nitrogens is 1. The van der Waals surface area contributed by atoms with Gasteiger partial charge in [0, 0.05) is 18.0 Å². The van der Waals surface area contributed by atoms with Crippen molar-refractivity contribution in [3.8, 4) is 5.75 Å². The zero-order chi connectivity index (χ0) is 16.4. The van der Waals surface area contributed by atoms with Crippen LogP contribution < -0.4 is 10.1 Å². The molecule has 1 heterocycles. The molecule has 0 spiro atoms. The molecule has 7 heteroatoms. The van der Waals surface area contributed by atoms with Gasteiger partial charge in [-0.1, -0.05) is 11.6 Å². The van der Waals surface area contributed by atoms with Crippen molar-refractivity contribution in [2.24, 2.45) is 0 Å². The molecule has 122 valence electrons. The summed E-state index contributed by atoms with van der Waals surface area (Å²) in [6, 6.07) is 6.88. The number of amides is 2. The topological polar surface area (TPSA) is 70.2 Å². The number of urea groups is 1. The minimum atomic E-state index is -0.242. The van der Waals surface area contributed by atoms with Crippen LogP contribution in [0.4, 0.5) is 10.5 Å². The Morgan fingerprint density at radius 2 is 2.26 bits per heavy atom. The zero-order valence-electron chi connectivity index (χ0n) is 13.1. The molecule has 1 aliphatic carbocycles. The maximum atomic E-state index is 12.3. The number of nitrogens with one attached hydrogen (secondary N) is 2. The average Bonchev–Trinajstić information content (AvgIpc) is 3.28. The number of nitrogens with zero attached hydrogens (tertiary/aromatic N) is 2. The molecule has 2 aromatic rings. The Labute approximate surface area is 139 Å². The van der Waals surface area contributed by atoms with E-state index in [1.54, 1.807) is 37.3 Å². The van der Waals surface area contributed by atoms with Crippen molar-refractivity contribution in [2.45, 2.75) is 25.3 Å². The lowest BCUT2D eigenvalue weighted by Crippen LogP contribution is -2.31. The van der Waals surface area contributed by atoms with Crippen LogP contribution in [0.1, 0.15) is 30.1 Å². The maximum Gasteiger partial charge on any atom is 0.322 e. The molecule has 0 aliphatic heterocycles. The molecule has 0 radical (unpaired) electrons. The number of rotatable bonds is 5. The van der Waals surface area contributed by atoms with Crippen molar-refractivity contribution in [1.82, 2.24) is 15.1 Å². The van der Waals surface area contributed by atoms with Crippen LogP contribution in [0, 0.1) is 0 Å². The Morgan fingerprint density at radius 3 is 2.96 bits per heavy atom. The number of aromatic amines is 1. The maximum absolute atomic E-state index is 12.3. The summed E-state index contributed by atoms with van der Waals surface area (Å²) in [4.78, 5) is 13.9. The average molecular weight is 335 g/mol. The number of benzene rings is 1. The third-order valence-corrected chi connectivity index (χ3v) is 4.04. The van der Waals surface area contributed by atoms with Gasteiger partial charge in [-0.25, -0.2) is 4.79 Å². The molecule has 1 aromatic heterocycles. The first kappa shape index (κ1) is 15.7. The first-order valence-electron chi connectivity index (χ1n) is 7.46. The van der Waals surface area contributed by atoms with Crippen molar-refractivity contribution < 1.29 is 9.53 Å². The number of aromatic nitrogens is 2. The predicted molar refractivity (Wildman–Crippen MR) is 89.1 cm³/mol. The van der Waals surface area contributed by atoms with E-state index in [1.807, 2.05) is 6.07 Å². The molecule has 1 aromatic carbocycles. The van der Waals surface area contributed by atoms with Crippen LogP contribution in [0.3, 0.4) is 0 Å². The van der Waals surface area contributed by atoms with Crippen molar-refractivity contribution in [3.05, 3.63) is 40.7 Å². The normalized spacial score (nSPS) is 13.7. The molecule has 23 heavy (non-hydrogen) atoms.